The van der Waals surface area contributed by atoms with Gasteiger partial charge in [0.25, 0.3) is 0 Å². The Labute approximate surface area is 832 Å². The summed E-state index contributed by atoms with van der Waals surface area (Å²) in [6.07, 6.45) is 49.3. The van der Waals surface area contributed by atoms with Gasteiger partial charge in [0.1, 0.15) is 28.7 Å². The van der Waals surface area contributed by atoms with E-state index < -0.39 is 52.5 Å². The highest BCUT2D eigenvalue weighted by molar-refractivity contribution is 5.72. The second-order valence-corrected chi connectivity index (χ2v) is 49.5. The van der Waals surface area contributed by atoms with Crippen molar-refractivity contribution in [3.8, 4) is 28.7 Å². The first-order valence-electron chi connectivity index (χ1n) is 56.1. The fraction of sp³-hybridized carbons (Fsp3) is 0.709. The summed E-state index contributed by atoms with van der Waals surface area (Å²) in [5.74, 6) is 11.9. The third kappa shape index (κ3) is 18.9. The lowest BCUT2D eigenvalue weighted by molar-refractivity contribution is -0.390. The molecule has 24 heteroatoms. The third-order valence-corrected chi connectivity index (χ3v) is 39.9. The number of carbonyl (C=O) groups excluding carboxylic acids is 4. The Morgan fingerprint density at radius 1 is 0.284 bits per heavy atom. The molecule has 21 saturated carbocycles. The lowest BCUT2D eigenvalue weighted by Crippen LogP contribution is -2.59. The van der Waals surface area contributed by atoms with Crippen LogP contribution in [0.1, 0.15) is 354 Å². The van der Waals surface area contributed by atoms with E-state index in [4.69, 9.17) is 81.7 Å². The van der Waals surface area contributed by atoms with E-state index in [1.165, 1.54) is 170 Å². The zero-order valence-electron chi connectivity index (χ0n) is 83.4. The molecule has 8 atom stereocenters. The van der Waals surface area contributed by atoms with Crippen molar-refractivity contribution in [1.29, 1.82) is 0 Å². The Bertz CT molecular complexity index is 5150. The highest BCUT2D eigenvalue weighted by atomic mass is 17.3. The number of rotatable bonds is 10. The van der Waals surface area contributed by atoms with Crippen LogP contribution in [-0.4, -0.2) is 113 Å². The van der Waals surface area contributed by atoms with Crippen molar-refractivity contribution >= 4 is 24.4 Å². The molecule has 6 saturated heterocycles. The number of nitrogens with zero attached hydrogens (tertiary/aromatic N) is 2. The molecular formula is C117H151N3O21. The number of piperidine rings is 2. The summed E-state index contributed by atoms with van der Waals surface area (Å²) in [5.41, 5.74) is 6.07. The normalized spacial score (nSPS) is 42.4. The van der Waals surface area contributed by atoms with Crippen molar-refractivity contribution < 1.29 is 101 Å². The van der Waals surface area contributed by atoms with Gasteiger partial charge in [-0.3, -0.25) is 0 Å². The standard InChI is InChI=1S/C30H41NO5.C30H34O6.C29H39NO5.C28H37NO5/c1-19-4-8-26(9-5-19)31-28(32)33-27-10-6-22(7-11-27)23-3-2-12-29(18-23)34-30(36-35-29)24-14-20-13-21(16-24)17-25(30)15-20;1-19-4-8-26(9-5-19)32-28(31)33-27-10-6-22(7-11-27)23-3-2-12-29(18-23)34-30(36-35-29)24-14-20-13-21(16-24)17-25(30)15-20;1-19-8-11-30(12-9-19)27(31)32-26-6-4-22(5-7-26)23-3-2-10-28(18-23)33-29(35-34-28)24-14-20-13-21(16-24)17-25(29)15-20;30-26(29-11-2-1-3-12-29)31-25-8-6-21(7-9-25)22-5-4-10-27(18-22)32-28(34-33-27)23-14-19-13-20(16-23)17-24(28)15-19/h6-7,10-11,19-21,23-26H,2-5,8-9,12-18H2,1H3,(H,31,32);4-11,20-21,23-25H,2-3,12-18H2,1H3;4-7,19-21,23-25H,2-3,8-18H2,1H3;6-9,19-20,22-24H,1-5,10-18H2/t19?,20?,21?,23-,24?,25?,26?,29-,30?;20?,21?,23?,24?,25?,29-,30?;20?,21?,23?,24?,25?,28-,29?;19?,20?,22?,23?,24?,27-,28?/m1111/s1. The van der Waals surface area contributed by atoms with Crippen LogP contribution in [0.2, 0.25) is 0 Å². The van der Waals surface area contributed by atoms with Gasteiger partial charge in [-0.15, -0.1) is 0 Å². The Kier molecular flexibility index (Phi) is 25.8. The summed E-state index contributed by atoms with van der Waals surface area (Å²) in [7, 11) is 0. The van der Waals surface area contributed by atoms with Gasteiger partial charge in [0, 0.05) is 131 Å². The highest BCUT2D eigenvalue weighted by Gasteiger charge is 2.72. The van der Waals surface area contributed by atoms with Gasteiger partial charge in [-0.2, -0.15) is 39.1 Å². The van der Waals surface area contributed by atoms with E-state index in [0.29, 0.717) is 106 Å². The second-order valence-electron chi connectivity index (χ2n) is 49.5. The number of nitrogens with one attached hydrogen (secondary N) is 1. The maximum atomic E-state index is 12.5. The minimum absolute atomic E-state index is 0.227. The Hall–Kier alpha value is -7.30. The van der Waals surface area contributed by atoms with Crippen molar-refractivity contribution in [1.82, 2.24) is 15.1 Å². The minimum Gasteiger partial charge on any atom is -0.410 e. The summed E-state index contributed by atoms with van der Waals surface area (Å²) < 4.78 is 55.3. The summed E-state index contributed by atoms with van der Waals surface area (Å²) in [4.78, 5) is 103. The van der Waals surface area contributed by atoms with Crippen LogP contribution in [-0.2, 0) is 58.0 Å². The molecule has 27 fully saturated rings. The van der Waals surface area contributed by atoms with Crippen molar-refractivity contribution in [3.05, 3.63) is 149 Å². The summed E-state index contributed by atoms with van der Waals surface area (Å²) in [5, 5.41) is 3.04. The van der Waals surface area contributed by atoms with Gasteiger partial charge in [-0.1, -0.05) is 80.1 Å². The summed E-state index contributed by atoms with van der Waals surface area (Å²) in [6.45, 7) is 9.68. The third-order valence-electron chi connectivity index (χ3n) is 39.9. The summed E-state index contributed by atoms with van der Waals surface area (Å²) >= 11 is 0. The highest BCUT2D eigenvalue weighted by Crippen LogP contribution is 2.70. The van der Waals surface area contributed by atoms with E-state index in [2.05, 4.69) is 55.6 Å². The second kappa shape index (κ2) is 38.4. The molecule has 21 aliphatic carbocycles. The van der Waals surface area contributed by atoms with E-state index in [0.717, 1.165) is 226 Å². The molecule has 6 aliphatic heterocycles. The molecule has 0 aromatic heterocycles. The predicted molar refractivity (Wildman–Crippen MR) is 520 cm³/mol. The Balaban J connectivity index is 0.0000000990. The molecule has 27 aliphatic rings. The number of likely N-dealkylation sites (tertiary alicyclic amines) is 2. The quantitative estimate of drug-likeness (QED) is 0.0776. The van der Waals surface area contributed by atoms with Crippen LogP contribution in [0.3, 0.4) is 0 Å². The molecular weight excluding hydrogens is 1780 g/mol. The zero-order chi connectivity index (χ0) is 95.0. The molecule has 8 spiro atoms. The van der Waals surface area contributed by atoms with Crippen molar-refractivity contribution in [2.75, 3.05) is 26.2 Å². The van der Waals surface area contributed by atoms with E-state index in [1.807, 2.05) is 89.5 Å². The molecule has 6 heterocycles. The van der Waals surface area contributed by atoms with Gasteiger partial charge in [-0.05, 0) is 410 Å². The van der Waals surface area contributed by atoms with E-state index in [1.54, 1.807) is 12.1 Å². The van der Waals surface area contributed by atoms with E-state index in [9.17, 15) is 19.2 Å². The molecule has 141 heavy (non-hydrogen) atoms. The lowest BCUT2D eigenvalue weighted by atomic mass is 9.53. The van der Waals surface area contributed by atoms with Crippen molar-refractivity contribution in [3.63, 3.8) is 0 Å². The fourth-order valence-electron chi connectivity index (χ4n) is 33.4. The molecule has 1 N–H and O–H groups in total. The van der Waals surface area contributed by atoms with Gasteiger partial charge in [0.15, 0.2) is 0 Å². The van der Waals surface area contributed by atoms with Crippen LogP contribution < -0.4 is 29.0 Å². The molecule has 5 aromatic carbocycles. The molecule has 0 radical (unpaired) electrons. The van der Waals surface area contributed by atoms with Crippen LogP contribution in [0.25, 0.3) is 0 Å². The number of carbonyl (C=O) groups is 4. The monoisotopic (exact) mass is 1930 g/mol. The number of hydrogen-bond acceptors (Lipinski definition) is 21. The maximum Gasteiger partial charge on any atom is 0.519 e. The van der Waals surface area contributed by atoms with Crippen LogP contribution >= 0.6 is 0 Å². The number of benzene rings is 5. The van der Waals surface area contributed by atoms with Gasteiger partial charge >= 0.3 is 24.4 Å². The SMILES string of the molecule is CC1CCC(NC(=O)Oc2ccc([C@@H]3CCC[C@]4(C3)OOC3(O4)C4CC5CC(C4)CC3C5)cc2)CC1.CC1CCN(C(=O)Oc2ccc(C3CCC[C@]4(C3)OOC3(O4)C4CC5CC(C4)CC3C5)cc2)CC1.Cc1ccc(OC(=O)Oc2ccc(C3CCC[C@]4(C3)OOC3(O4)C4CC5CC(C4)CC3C5)cc2)cc1.O=C(Oc1ccc(C2CCC[C@]3(C2)OOC2(O3)C3CC4CC(C3)CC2C4)cc1)N1CCCCC1. The Morgan fingerprint density at radius 3 is 0.844 bits per heavy atom. The average Bonchev–Trinajstić information content (AvgIpc) is 1.61. The maximum absolute atomic E-state index is 12.5. The topological polar surface area (TPSA) is 244 Å². The minimum atomic E-state index is -0.742. The van der Waals surface area contributed by atoms with Gasteiger partial charge in [0.05, 0.1) is 0 Å². The van der Waals surface area contributed by atoms with E-state index >= 15 is 0 Å². The van der Waals surface area contributed by atoms with Crippen molar-refractivity contribution in [2.45, 2.75) is 386 Å². The number of amides is 3. The van der Waals surface area contributed by atoms with Gasteiger partial charge < -0.3 is 57.7 Å². The van der Waals surface area contributed by atoms with Crippen LogP contribution in [0.4, 0.5) is 19.2 Å². The number of aryl methyl sites for hydroxylation is 1. The fourth-order valence-corrected chi connectivity index (χ4v) is 33.4. The molecule has 32 rings (SSSR count). The number of ether oxygens (including phenoxy) is 9. The molecule has 5 aromatic rings. The number of hydrogen-bond donors (Lipinski definition) is 1. The van der Waals surface area contributed by atoms with Crippen LogP contribution in [0.5, 0.6) is 28.7 Å². The largest absolute Gasteiger partial charge is 0.519 e. The van der Waals surface area contributed by atoms with Crippen LogP contribution in [0, 0.1) is 113 Å². The first-order valence-corrected chi connectivity index (χ1v) is 56.1. The van der Waals surface area contributed by atoms with Crippen molar-refractivity contribution in [2.24, 2.45) is 107 Å². The van der Waals surface area contributed by atoms with Gasteiger partial charge in [-0.25, -0.2) is 19.2 Å². The average molecular weight is 1940 g/mol. The zero-order valence-corrected chi connectivity index (χ0v) is 83.4. The molecule has 16 bridgehead atoms. The molecule has 3 amide bonds. The van der Waals surface area contributed by atoms with Gasteiger partial charge in [0.2, 0.25) is 46.3 Å². The predicted octanol–water partition coefficient (Wildman–Crippen LogP) is 26.5. The first-order chi connectivity index (χ1) is 68.6. The molecule has 24 nitrogen and oxygen atoms in total. The molecule has 3 unspecified atom stereocenters. The smallest absolute Gasteiger partial charge is 0.410 e. The van der Waals surface area contributed by atoms with Crippen LogP contribution in [0.15, 0.2) is 121 Å². The van der Waals surface area contributed by atoms with E-state index in [-0.39, 0.29) is 24.3 Å². The first kappa shape index (κ1) is 94.7. The summed E-state index contributed by atoms with van der Waals surface area (Å²) in [6, 6.07) is 39.5. The molecule has 760 valence electrons. The lowest BCUT2D eigenvalue weighted by Gasteiger charge is -2.57. The Morgan fingerprint density at radius 2 is 0.546 bits per heavy atom.